The van der Waals surface area contributed by atoms with E-state index < -0.39 is 0 Å². The van der Waals surface area contributed by atoms with Crippen molar-refractivity contribution in [2.24, 2.45) is 0 Å². The molecule has 1 saturated heterocycles. The topological polar surface area (TPSA) is 30.5 Å². The smallest absolute Gasteiger partial charge is 0.133 e. The van der Waals surface area contributed by atoms with Crippen LogP contribution in [0.4, 0.5) is 0 Å². The van der Waals surface area contributed by atoms with Crippen molar-refractivity contribution in [3.8, 4) is 5.75 Å². The molecule has 1 aromatic rings. The van der Waals surface area contributed by atoms with Crippen molar-refractivity contribution in [1.82, 2.24) is 5.32 Å². The van der Waals surface area contributed by atoms with Crippen molar-refractivity contribution in [2.75, 3.05) is 13.7 Å². The fourth-order valence-corrected chi connectivity index (χ4v) is 2.98. The van der Waals surface area contributed by atoms with Crippen molar-refractivity contribution in [2.45, 2.75) is 38.5 Å². The van der Waals surface area contributed by atoms with Crippen molar-refractivity contribution >= 4 is 15.9 Å². The Kier molecular flexibility index (Phi) is 3.99. The molecule has 1 aliphatic heterocycles. The molecule has 0 bridgehead atoms. The summed E-state index contributed by atoms with van der Waals surface area (Å²) in [6.45, 7) is 7.18. The normalized spacial score (nSPS) is 26.9. The predicted molar refractivity (Wildman–Crippen MR) is 76.1 cm³/mol. The largest absolute Gasteiger partial charge is 0.496 e. The van der Waals surface area contributed by atoms with Crippen LogP contribution < -0.4 is 10.1 Å². The molecule has 3 nitrogen and oxygen atoms in total. The van der Waals surface area contributed by atoms with E-state index in [1.54, 1.807) is 7.11 Å². The minimum absolute atomic E-state index is 0.0413. The third kappa shape index (κ3) is 2.87. The third-order valence-corrected chi connectivity index (χ3v) is 3.82. The molecule has 2 unspecified atom stereocenters. The minimum Gasteiger partial charge on any atom is -0.496 e. The highest BCUT2D eigenvalue weighted by atomic mass is 79.9. The highest BCUT2D eigenvalue weighted by Crippen LogP contribution is 2.33. The van der Waals surface area contributed by atoms with Crippen LogP contribution in [0.15, 0.2) is 22.7 Å². The number of morpholine rings is 1. The van der Waals surface area contributed by atoms with Crippen molar-refractivity contribution in [1.29, 1.82) is 0 Å². The average Bonchev–Trinajstić information content (AvgIpc) is 2.27. The van der Waals surface area contributed by atoms with E-state index in [0.29, 0.717) is 6.61 Å². The SMILES string of the molecule is COc1ccc(C2OCC(C)(C)NC2C)cc1Br. The summed E-state index contributed by atoms with van der Waals surface area (Å²) >= 11 is 3.52. The molecule has 0 amide bonds. The Morgan fingerprint density at radius 3 is 2.72 bits per heavy atom. The average molecular weight is 314 g/mol. The highest BCUT2D eigenvalue weighted by molar-refractivity contribution is 9.10. The van der Waals surface area contributed by atoms with Crippen LogP contribution >= 0.6 is 15.9 Å². The molecule has 0 spiro atoms. The molecule has 0 saturated carbocycles. The van der Waals surface area contributed by atoms with E-state index >= 15 is 0 Å². The molecule has 100 valence electrons. The number of hydrogen-bond acceptors (Lipinski definition) is 3. The standard InChI is InChI=1S/C14H20BrNO2/c1-9-13(18-8-14(2,3)16-9)10-5-6-12(17-4)11(15)7-10/h5-7,9,13,16H,8H2,1-4H3. The fraction of sp³-hybridized carbons (Fsp3) is 0.571. The van der Waals surface area contributed by atoms with Crippen LogP contribution in [-0.2, 0) is 4.74 Å². The highest BCUT2D eigenvalue weighted by Gasteiger charge is 2.33. The Hall–Kier alpha value is -0.580. The summed E-state index contributed by atoms with van der Waals surface area (Å²) in [5.41, 5.74) is 1.21. The molecule has 0 radical (unpaired) electrons. The van der Waals surface area contributed by atoms with Gasteiger partial charge in [0.2, 0.25) is 0 Å². The second kappa shape index (κ2) is 5.19. The lowest BCUT2D eigenvalue weighted by molar-refractivity contribution is -0.0496. The molecule has 4 heteroatoms. The second-order valence-corrected chi connectivity index (χ2v) is 6.30. The van der Waals surface area contributed by atoms with Gasteiger partial charge in [-0.2, -0.15) is 0 Å². The second-order valence-electron chi connectivity index (χ2n) is 5.44. The lowest BCUT2D eigenvalue weighted by Crippen LogP contribution is -2.55. The number of hydrogen-bond donors (Lipinski definition) is 1. The molecule has 2 rings (SSSR count). The van der Waals surface area contributed by atoms with Gasteiger partial charge in [0.15, 0.2) is 0 Å². The monoisotopic (exact) mass is 313 g/mol. The number of methoxy groups -OCH3 is 1. The van der Waals surface area contributed by atoms with Gasteiger partial charge in [0, 0.05) is 11.6 Å². The van der Waals surface area contributed by atoms with Crippen LogP contribution in [0.3, 0.4) is 0 Å². The molecule has 1 N–H and O–H groups in total. The first-order valence-corrected chi connectivity index (χ1v) is 6.95. The summed E-state index contributed by atoms with van der Waals surface area (Å²) in [5.74, 6) is 0.843. The van der Waals surface area contributed by atoms with Crippen LogP contribution in [0.25, 0.3) is 0 Å². The Morgan fingerprint density at radius 2 is 2.17 bits per heavy atom. The lowest BCUT2D eigenvalue weighted by Gasteiger charge is -2.41. The van der Waals surface area contributed by atoms with Crippen LogP contribution in [0.5, 0.6) is 5.75 Å². The maximum absolute atomic E-state index is 6.00. The van der Waals surface area contributed by atoms with Gasteiger partial charge in [-0.25, -0.2) is 0 Å². The van der Waals surface area contributed by atoms with Crippen LogP contribution in [0.1, 0.15) is 32.4 Å². The molecule has 1 aromatic carbocycles. The van der Waals surface area contributed by atoms with Gasteiger partial charge < -0.3 is 14.8 Å². The first-order chi connectivity index (χ1) is 8.43. The molecule has 1 heterocycles. The van der Waals surface area contributed by atoms with E-state index in [-0.39, 0.29) is 17.7 Å². The molecular weight excluding hydrogens is 294 g/mol. The van der Waals surface area contributed by atoms with E-state index in [0.717, 1.165) is 15.8 Å². The van der Waals surface area contributed by atoms with Gasteiger partial charge in [-0.15, -0.1) is 0 Å². The summed E-state index contributed by atoms with van der Waals surface area (Å²) in [5, 5.41) is 3.58. The van der Waals surface area contributed by atoms with Gasteiger partial charge in [-0.1, -0.05) is 6.07 Å². The number of nitrogens with one attached hydrogen (secondary N) is 1. The van der Waals surface area contributed by atoms with E-state index in [1.807, 2.05) is 6.07 Å². The van der Waals surface area contributed by atoms with Crippen LogP contribution in [0.2, 0.25) is 0 Å². The molecule has 18 heavy (non-hydrogen) atoms. The van der Waals surface area contributed by atoms with Gasteiger partial charge >= 0.3 is 0 Å². The first kappa shape index (κ1) is 13.8. The van der Waals surface area contributed by atoms with Crippen LogP contribution in [0, 0.1) is 0 Å². The van der Waals surface area contributed by atoms with Gasteiger partial charge in [-0.05, 0) is 54.4 Å². The summed E-state index contributed by atoms with van der Waals surface area (Å²) in [6.07, 6.45) is 0.0835. The maximum Gasteiger partial charge on any atom is 0.133 e. The summed E-state index contributed by atoms with van der Waals surface area (Å²) in [4.78, 5) is 0. The zero-order valence-electron chi connectivity index (χ0n) is 11.3. The molecule has 0 aromatic heterocycles. The number of benzene rings is 1. The third-order valence-electron chi connectivity index (χ3n) is 3.20. The predicted octanol–water partition coefficient (Wildman–Crippen LogP) is 3.29. The summed E-state index contributed by atoms with van der Waals surface area (Å²) in [6, 6.07) is 6.38. The van der Waals surface area contributed by atoms with E-state index in [1.165, 1.54) is 0 Å². The lowest BCUT2D eigenvalue weighted by atomic mass is 9.96. The number of ether oxygens (including phenoxy) is 2. The first-order valence-electron chi connectivity index (χ1n) is 6.16. The number of rotatable bonds is 2. The minimum atomic E-state index is 0.0413. The molecule has 0 aliphatic carbocycles. The van der Waals surface area contributed by atoms with Crippen molar-refractivity contribution in [3.63, 3.8) is 0 Å². The van der Waals surface area contributed by atoms with Gasteiger partial charge in [0.05, 0.1) is 24.3 Å². The molecule has 1 aliphatic rings. The van der Waals surface area contributed by atoms with Crippen LogP contribution in [-0.4, -0.2) is 25.3 Å². The fourth-order valence-electron chi connectivity index (χ4n) is 2.42. The zero-order chi connectivity index (χ0) is 13.3. The van der Waals surface area contributed by atoms with E-state index in [9.17, 15) is 0 Å². The van der Waals surface area contributed by atoms with Crippen molar-refractivity contribution < 1.29 is 9.47 Å². The molecule has 2 atom stereocenters. The number of halogens is 1. The Bertz CT molecular complexity index is 434. The quantitative estimate of drug-likeness (QED) is 0.909. The zero-order valence-corrected chi connectivity index (χ0v) is 12.9. The summed E-state index contributed by atoms with van der Waals surface area (Å²) < 4.78 is 12.2. The molecule has 1 fully saturated rings. The van der Waals surface area contributed by atoms with Gasteiger partial charge in [0.25, 0.3) is 0 Å². The van der Waals surface area contributed by atoms with Crippen molar-refractivity contribution in [3.05, 3.63) is 28.2 Å². The Labute approximate surface area is 117 Å². The van der Waals surface area contributed by atoms with E-state index in [2.05, 4.69) is 54.2 Å². The summed E-state index contributed by atoms with van der Waals surface area (Å²) in [7, 11) is 1.67. The van der Waals surface area contributed by atoms with Gasteiger partial charge in [0.1, 0.15) is 5.75 Å². The van der Waals surface area contributed by atoms with E-state index in [4.69, 9.17) is 9.47 Å². The van der Waals surface area contributed by atoms with Gasteiger partial charge in [-0.3, -0.25) is 0 Å². The maximum atomic E-state index is 6.00. The Balaban J connectivity index is 2.20. The Morgan fingerprint density at radius 1 is 1.44 bits per heavy atom. The molecular formula is C14H20BrNO2.